The van der Waals surface area contributed by atoms with Crippen molar-refractivity contribution in [2.75, 3.05) is 33.4 Å². The molecular weight excluding hydrogens is 312 g/mol. The van der Waals surface area contributed by atoms with Crippen LogP contribution in [-0.4, -0.2) is 39.3 Å². The van der Waals surface area contributed by atoms with Gasteiger partial charge in [0.25, 0.3) is 0 Å². The maximum Gasteiger partial charge on any atom is 0.220 e. The van der Waals surface area contributed by atoms with Crippen LogP contribution >= 0.6 is 12.4 Å². The van der Waals surface area contributed by atoms with Crippen molar-refractivity contribution in [3.63, 3.8) is 0 Å². The van der Waals surface area contributed by atoms with Gasteiger partial charge in [-0.2, -0.15) is 0 Å². The SMILES string of the molecule is COCCC1(CNC(=O)CC(C)C2CCNCC2)CCCC1.Cl. The summed E-state index contributed by atoms with van der Waals surface area (Å²) in [5, 5.41) is 6.63. The highest BCUT2D eigenvalue weighted by molar-refractivity contribution is 5.85. The number of methoxy groups -OCH3 is 1. The van der Waals surface area contributed by atoms with Crippen molar-refractivity contribution >= 4 is 18.3 Å². The average molecular weight is 347 g/mol. The van der Waals surface area contributed by atoms with E-state index in [-0.39, 0.29) is 18.3 Å². The normalized spacial score (nSPS) is 22.3. The van der Waals surface area contributed by atoms with Crippen LogP contribution in [0.4, 0.5) is 0 Å². The van der Waals surface area contributed by atoms with Gasteiger partial charge in [-0.1, -0.05) is 19.8 Å². The third-order valence-electron chi connectivity index (χ3n) is 5.86. The quantitative estimate of drug-likeness (QED) is 0.709. The molecule has 0 aromatic heterocycles. The molecule has 2 N–H and O–H groups in total. The first kappa shape index (κ1) is 20.7. The first-order valence-corrected chi connectivity index (χ1v) is 9.11. The zero-order valence-electron chi connectivity index (χ0n) is 14.9. The molecule has 0 bridgehead atoms. The monoisotopic (exact) mass is 346 g/mol. The lowest BCUT2D eigenvalue weighted by Gasteiger charge is -2.30. The minimum atomic E-state index is 0. The highest BCUT2D eigenvalue weighted by Crippen LogP contribution is 2.40. The standard InChI is InChI=1S/C18H34N2O2.ClH/c1-15(16-5-10-19-11-6-16)13-17(21)20-14-18(9-12-22-2)7-3-4-8-18;/h15-16,19H,3-14H2,1-2H3,(H,20,21);1H. The molecule has 23 heavy (non-hydrogen) atoms. The first-order valence-electron chi connectivity index (χ1n) is 9.11. The summed E-state index contributed by atoms with van der Waals surface area (Å²) in [6, 6.07) is 0. The topological polar surface area (TPSA) is 50.4 Å². The molecular formula is C18H35ClN2O2. The van der Waals surface area contributed by atoms with Gasteiger partial charge < -0.3 is 15.4 Å². The van der Waals surface area contributed by atoms with Gasteiger partial charge in [0.1, 0.15) is 0 Å². The molecule has 0 aromatic rings. The molecule has 0 aromatic carbocycles. The number of ether oxygens (including phenoxy) is 1. The van der Waals surface area contributed by atoms with E-state index in [9.17, 15) is 4.79 Å². The van der Waals surface area contributed by atoms with Gasteiger partial charge in [0.05, 0.1) is 0 Å². The van der Waals surface area contributed by atoms with E-state index in [2.05, 4.69) is 17.6 Å². The van der Waals surface area contributed by atoms with Crippen molar-refractivity contribution < 1.29 is 9.53 Å². The Morgan fingerprint density at radius 3 is 2.57 bits per heavy atom. The molecule has 2 fully saturated rings. The highest BCUT2D eigenvalue weighted by atomic mass is 35.5. The molecule has 1 aliphatic carbocycles. The number of nitrogens with one attached hydrogen (secondary N) is 2. The van der Waals surface area contributed by atoms with Crippen LogP contribution in [0.15, 0.2) is 0 Å². The lowest BCUT2D eigenvalue weighted by Crippen LogP contribution is -2.38. The van der Waals surface area contributed by atoms with E-state index < -0.39 is 0 Å². The fourth-order valence-corrected chi connectivity index (χ4v) is 4.19. The van der Waals surface area contributed by atoms with Crippen molar-refractivity contribution in [3.8, 4) is 0 Å². The molecule has 1 aliphatic heterocycles. The van der Waals surface area contributed by atoms with Gasteiger partial charge in [0, 0.05) is 26.7 Å². The highest BCUT2D eigenvalue weighted by Gasteiger charge is 2.34. The van der Waals surface area contributed by atoms with E-state index in [0.717, 1.165) is 32.7 Å². The Kier molecular flexibility index (Phi) is 9.48. The lowest BCUT2D eigenvalue weighted by atomic mass is 9.82. The number of halogens is 1. The zero-order valence-corrected chi connectivity index (χ0v) is 15.7. The Hall–Kier alpha value is -0.320. The zero-order chi connectivity index (χ0) is 15.8. The van der Waals surface area contributed by atoms with Crippen molar-refractivity contribution in [2.24, 2.45) is 17.3 Å². The van der Waals surface area contributed by atoms with Gasteiger partial charge in [0.15, 0.2) is 0 Å². The van der Waals surface area contributed by atoms with Gasteiger partial charge >= 0.3 is 0 Å². The number of hydrogen-bond acceptors (Lipinski definition) is 3. The molecule has 1 saturated carbocycles. The summed E-state index contributed by atoms with van der Waals surface area (Å²) in [5.74, 6) is 1.45. The van der Waals surface area contributed by atoms with Gasteiger partial charge in [-0.15, -0.1) is 12.4 Å². The van der Waals surface area contributed by atoms with Gasteiger partial charge in [-0.05, 0) is 62.4 Å². The van der Waals surface area contributed by atoms with E-state index in [0.29, 0.717) is 23.7 Å². The number of piperidine rings is 1. The molecule has 2 aliphatic rings. The average Bonchev–Trinajstić information content (AvgIpc) is 3.01. The summed E-state index contributed by atoms with van der Waals surface area (Å²) in [5.41, 5.74) is 0.295. The second-order valence-electron chi connectivity index (χ2n) is 7.50. The molecule has 1 unspecified atom stereocenters. The predicted octanol–water partition coefficient (Wildman–Crippen LogP) is 3.15. The molecule has 0 radical (unpaired) electrons. The van der Waals surface area contributed by atoms with Crippen LogP contribution in [0.25, 0.3) is 0 Å². The summed E-state index contributed by atoms with van der Waals surface area (Å²) in [6.07, 6.45) is 9.26. The summed E-state index contributed by atoms with van der Waals surface area (Å²) in [4.78, 5) is 12.3. The van der Waals surface area contributed by atoms with Crippen LogP contribution in [-0.2, 0) is 9.53 Å². The van der Waals surface area contributed by atoms with E-state index in [1.807, 2.05) is 0 Å². The number of rotatable bonds is 8. The number of hydrogen-bond donors (Lipinski definition) is 2. The molecule has 5 heteroatoms. The van der Waals surface area contributed by atoms with Crippen molar-refractivity contribution in [1.29, 1.82) is 0 Å². The smallest absolute Gasteiger partial charge is 0.220 e. The van der Waals surface area contributed by atoms with Gasteiger partial charge in [-0.25, -0.2) is 0 Å². The molecule has 2 rings (SSSR count). The second kappa shape index (κ2) is 10.5. The van der Waals surface area contributed by atoms with Gasteiger partial charge in [-0.3, -0.25) is 4.79 Å². The summed E-state index contributed by atoms with van der Waals surface area (Å²) < 4.78 is 5.26. The Labute approximate surface area is 147 Å². The van der Waals surface area contributed by atoms with Crippen LogP contribution in [0, 0.1) is 17.3 Å². The summed E-state index contributed by atoms with van der Waals surface area (Å²) in [7, 11) is 1.77. The maximum atomic E-state index is 12.3. The van der Waals surface area contributed by atoms with E-state index >= 15 is 0 Å². The largest absolute Gasteiger partial charge is 0.385 e. The number of carbonyl (C=O) groups excluding carboxylic acids is 1. The summed E-state index contributed by atoms with van der Waals surface area (Å²) in [6.45, 7) is 6.11. The third-order valence-corrected chi connectivity index (χ3v) is 5.86. The fraction of sp³-hybridized carbons (Fsp3) is 0.944. The fourth-order valence-electron chi connectivity index (χ4n) is 4.19. The first-order chi connectivity index (χ1) is 10.7. The van der Waals surface area contributed by atoms with Crippen LogP contribution in [0.3, 0.4) is 0 Å². The van der Waals surface area contributed by atoms with E-state index in [1.54, 1.807) is 7.11 Å². The summed E-state index contributed by atoms with van der Waals surface area (Å²) >= 11 is 0. The molecule has 1 amide bonds. The van der Waals surface area contributed by atoms with Crippen LogP contribution < -0.4 is 10.6 Å². The van der Waals surface area contributed by atoms with Crippen molar-refractivity contribution in [3.05, 3.63) is 0 Å². The molecule has 1 saturated heterocycles. The Bertz CT molecular complexity index is 340. The van der Waals surface area contributed by atoms with Crippen LogP contribution in [0.2, 0.25) is 0 Å². The Morgan fingerprint density at radius 2 is 1.96 bits per heavy atom. The van der Waals surface area contributed by atoms with Crippen LogP contribution in [0.5, 0.6) is 0 Å². The Balaban J connectivity index is 0.00000264. The van der Waals surface area contributed by atoms with Gasteiger partial charge in [0.2, 0.25) is 5.91 Å². The van der Waals surface area contributed by atoms with Crippen molar-refractivity contribution in [1.82, 2.24) is 10.6 Å². The predicted molar refractivity (Wildman–Crippen MR) is 97.0 cm³/mol. The molecule has 1 atom stereocenters. The maximum absolute atomic E-state index is 12.3. The van der Waals surface area contributed by atoms with E-state index in [4.69, 9.17) is 4.74 Å². The van der Waals surface area contributed by atoms with E-state index in [1.165, 1.54) is 38.5 Å². The molecule has 4 nitrogen and oxygen atoms in total. The van der Waals surface area contributed by atoms with Crippen LogP contribution in [0.1, 0.15) is 58.3 Å². The third kappa shape index (κ3) is 6.60. The van der Waals surface area contributed by atoms with Crippen molar-refractivity contribution in [2.45, 2.75) is 58.3 Å². The number of carbonyl (C=O) groups is 1. The minimum absolute atomic E-state index is 0. The number of amides is 1. The Morgan fingerprint density at radius 1 is 1.30 bits per heavy atom. The molecule has 1 heterocycles. The lowest BCUT2D eigenvalue weighted by molar-refractivity contribution is -0.123. The second-order valence-corrected chi connectivity index (χ2v) is 7.50. The minimum Gasteiger partial charge on any atom is -0.385 e. The molecule has 136 valence electrons. The molecule has 0 spiro atoms.